The molecule has 1 saturated carbocycles. The molecule has 0 bridgehead atoms. The molecule has 0 aromatic carbocycles. The van der Waals surface area contributed by atoms with E-state index in [4.69, 9.17) is 0 Å². The van der Waals surface area contributed by atoms with Crippen LogP contribution in [0.5, 0.6) is 0 Å². The number of aliphatic hydroxyl groups is 1. The first kappa shape index (κ1) is 18.9. The Morgan fingerprint density at radius 3 is 2.45 bits per heavy atom. The Morgan fingerprint density at radius 2 is 1.91 bits per heavy atom. The molecule has 128 valence electrons. The number of rotatable bonds is 9. The summed E-state index contributed by atoms with van der Waals surface area (Å²) in [7, 11) is 1.35. The molecule has 0 radical (unpaired) electrons. The van der Waals surface area contributed by atoms with Crippen LogP contribution in [0.25, 0.3) is 0 Å². The van der Waals surface area contributed by atoms with Gasteiger partial charge in [0.25, 0.3) is 0 Å². The lowest BCUT2D eigenvalue weighted by Crippen LogP contribution is -2.43. The van der Waals surface area contributed by atoms with Crippen LogP contribution in [0.4, 0.5) is 0 Å². The van der Waals surface area contributed by atoms with Crippen LogP contribution in [0.2, 0.25) is 0 Å². The minimum atomic E-state index is -0.321. The van der Waals surface area contributed by atoms with Crippen molar-refractivity contribution in [3.05, 3.63) is 0 Å². The summed E-state index contributed by atoms with van der Waals surface area (Å²) in [5.74, 6) is 0.391. The smallest absolute Gasteiger partial charge is 0.307 e. The average molecular weight is 313 g/mol. The summed E-state index contributed by atoms with van der Waals surface area (Å²) in [6.45, 7) is 2.21. The highest BCUT2D eigenvalue weighted by Gasteiger charge is 2.24. The number of esters is 1. The van der Waals surface area contributed by atoms with Crippen LogP contribution in [0, 0.1) is 5.92 Å². The maximum atomic E-state index is 12.5. The van der Waals surface area contributed by atoms with E-state index in [1.807, 2.05) is 6.92 Å². The monoisotopic (exact) mass is 313 g/mol. The third-order valence-electron chi connectivity index (χ3n) is 4.72. The zero-order chi connectivity index (χ0) is 16.4. The van der Waals surface area contributed by atoms with Crippen LogP contribution < -0.4 is 0 Å². The van der Waals surface area contributed by atoms with Gasteiger partial charge in [-0.2, -0.15) is 0 Å². The summed E-state index contributed by atoms with van der Waals surface area (Å²) < 4.78 is 4.64. The van der Waals surface area contributed by atoms with Crippen molar-refractivity contribution < 1.29 is 19.4 Å². The summed E-state index contributed by atoms with van der Waals surface area (Å²) in [4.78, 5) is 25.5. The number of hydrogen-bond donors (Lipinski definition) is 1. The second-order valence-corrected chi connectivity index (χ2v) is 6.20. The van der Waals surface area contributed by atoms with Crippen LogP contribution >= 0.6 is 0 Å². The Hall–Kier alpha value is -1.10. The van der Waals surface area contributed by atoms with Crippen LogP contribution in [0.3, 0.4) is 0 Å². The second kappa shape index (κ2) is 10.6. The number of carbonyl (C=O) groups is 2. The fourth-order valence-corrected chi connectivity index (χ4v) is 3.22. The lowest BCUT2D eigenvalue weighted by atomic mass is 9.86. The standard InChI is InChI=1S/C17H31NO4/c1-3-15(13-19)18(12-11-17(21)22-2)16(20)10-9-14-7-5-4-6-8-14/h14-15,19H,3-13H2,1-2H3. The molecule has 5 heteroatoms. The molecule has 1 rings (SSSR count). The fourth-order valence-electron chi connectivity index (χ4n) is 3.22. The molecule has 1 fully saturated rings. The normalized spacial score (nSPS) is 17.0. The van der Waals surface area contributed by atoms with E-state index in [9.17, 15) is 14.7 Å². The third kappa shape index (κ3) is 6.34. The minimum absolute atomic E-state index is 0.0513. The van der Waals surface area contributed by atoms with Gasteiger partial charge >= 0.3 is 5.97 Å². The van der Waals surface area contributed by atoms with Gasteiger partial charge in [0.2, 0.25) is 5.91 Å². The molecule has 1 aliphatic rings. The van der Waals surface area contributed by atoms with Crippen molar-refractivity contribution in [1.29, 1.82) is 0 Å². The zero-order valence-electron chi connectivity index (χ0n) is 14.1. The van der Waals surface area contributed by atoms with Gasteiger partial charge in [-0.3, -0.25) is 9.59 Å². The van der Waals surface area contributed by atoms with Crippen LogP contribution in [-0.2, 0) is 14.3 Å². The number of amides is 1. The lowest BCUT2D eigenvalue weighted by molar-refractivity contribution is -0.142. The highest BCUT2D eigenvalue weighted by Crippen LogP contribution is 2.27. The largest absolute Gasteiger partial charge is 0.469 e. The van der Waals surface area contributed by atoms with E-state index in [0.717, 1.165) is 6.42 Å². The first-order chi connectivity index (χ1) is 10.6. The van der Waals surface area contributed by atoms with Crippen molar-refractivity contribution in [1.82, 2.24) is 4.90 Å². The summed E-state index contributed by atoms with van der Waals surface area (Å²) in [5, 5.41) is 9.47. The van der Waals surface area contributed by atoms with Gasteiger partial charge in [-0.15, -0.1) is 0 Å². The quantitative estimate of drug-likeness (QED) is 0.664. The van der Waals surface area contributed by atoms with Gasteiger partial charge in [-0.25, -0.2) is 0 Å². The highest BCUT2D eigenvalue weighted by molar-refractivity contribution is 5.77. The van der Waals surface area contributed by atoms with Gasteiger partial charge in [0.15, 0.2) is 0 Å². The van der Waals surface area contributed by atoms with Crippen LogP contribution in [0.1, 0.15) is 64.7 Å². The first-order valence-electron chi connectivity index (χ1n) is 8.59. The lowest BCUT2D eigenvalue weighted by Gasteiger charge is -2.30. The van der Waals surface area contributed by atoms with E-state index in [-0.39, 0.29) is 30.9 Å². The summed E-state index contributed by atoms with van der Waals surface area (Å²) >= 11 is 0. The second-order valence-electron chi connectivity index (χ2n) is 6.20. The molecule has 1 amide bonds. The van der Waals surface area contributed by atoms with Crippen molar-refractivity contribution >= 4 is 11.9 Å². The maximum absolute atomic E-state index is 12.5. The van der Waals surface area contributed by atoms with Crippen molar-refractivity contribution in [3.8, 4) is 0 Å². The Balaban J connectivity index is 2.51. The Bertz CT molecular complexity index is 336. The van der Waals surface area contributed by atoms with E-state index >= 15 is 0 Å². The number of ether oxygens (including phenoxy) is 1. The summed E-state index contributed by atoms with van der Waals surface area (Å²) in [6.07, 6.45) is 8.64. The van der Waals surface area contributed by atoms with Crippen molar-refractivity contribution in [3.63, 3.8) is 0 Å². The number of aliphatic hydroxyl groups excluding tert-OH is 1. The Labute approximate surface area is 134 Å². The molecule has 1 N–H and O–H groups in total. The van der Waals surface area contributed by atoms with Crippen LogP contribution in [-0.4, -0.2) is 48.2 Å². The van der Waals surface area contributed by atoms with Gasteiger partial charge in [0, 0.05) is 13.0 Å². The molecule has 0 aromatic rings. The van der Waals surface area contributed by atoms with Crippen LogP contribution in [0.15, 0.2) is 0 Å². The Morgan fingerprint density at radius 1 is 1.23 bits per heavy atom. The molecule has 0 heterocycles. The number of nitrogens with zero attached hydrogens (tertiary/aromatic N) is 1. The fraction of sp³-hybridized carbons (Fsp3) is 0.882. The van der Waals surface area contributed by atoms with E-state index in [2.05, 4.69) is 4.74 Å². The molecule has 0 saturated heterocycles. The number of methoxy groups -OCH3 is 1. The number of carbonyl (C=O) groups excluding carboxylic acids is 2. The van der Waals surface area contributed by atoms with Crippen molar-refractivity contribution in [2.24, 2.45) is 5.92 Å². The predicted molar refractivity (Wildman–Crippen MR) is 85.3 cm³/mol. The molecular formula is C17H31NO4. The highest BCUT2D eigenvalue weighted by atomic mass is 16.5. The van der Waals surface area contributed by atoms with Gasteiger partial charge in [0.05, 0.1) is 26.2 Å². The average Bonchev–Trinajstić information content (AvgIpc) is 2.57. The van der Waals surface area contributed by atoms with Crippen molar-refractivity contribution in [2.75, 3.05) is 20.3 Å². The summed E-state index contributed by atoms with van der Waals surface area (Å²) in [6, 6.07) is -0.205. The van der Waals surface area contributed by atoms with Crippen molar-refractivity contribution in [2.45, 2.75) is 70.8 Å². The molecule has 1 unspecified atom stereocenters. The van der Waals surface area contributed by atoms with Gasteiger partial charge < -0.3 is 14.7 Å². The van der Waals surface area contributed by atoms with Gasteiger partial charge in [-0.05, 0) is 18.8 Å². The molecule has 0 aromatic heterocycles. The molecular weight excluding hydrogens is 282 g/mol. The molecule has 0 spiro atoms. The summed E-state index contributed by atoms with van der Waals surface area (Å²) in [5.41, 5.74) is 0. The molecule has 1 atom stereocenters. The van der Waals surface area contributed by atoms with E-state index < -0.39 is 0 Å². The minimum Gasteiger partial charge on any atom is -0.469 e. The Kier molecular flexibility index (Phi) is 9.13. The zero-order valence-corrected chi connectivity index (χ0v) is 14.1. The molecule has 22 heavy (non-hydrogen) atoms. The topological polar surface area (TPSA) is 66.8 Å². The predicted octanol–water partition coefficient (Wildman–Crippen LogP) is 2.51. The van der Waals surface area contributed by atoms with E-state index in [1.54, 1.807) is 4.90 Å². The maximum Gasteiger partial charge on any atom is 0.307 e. The van der Waals surface area contributed by atoms with Gasteiger partial charge in [-0.1, -0.05) is 39.0 Å². The molecule has 0 aliphatic heterocycles. The van der Waals surface area contributed by atoms with E-state index in [0.29, 0.717) is 25.3 Å². The number of hydrogen-bond acceptors (Lipinski definition) is 4. The third-order valence-corrected chi connectivity index (χ3v) is 4.72. The first-order valence-corrected chi connectivity index (χ1v) is 8.59. The molecule has 5 nitrogen and oxygen atoms in total. The van der Waals surface area contributed by atoms with Gasteiger partial charge in [0.1, 0.15) is 0 Å². The molecule has 1 aliphatic carbocycles. The van der Waals surface area contributed by atoms with E-state index in [1.165, 1.54) is 39.2 Å². The SMILES string of the molecule is CCC(CO)N(CCC(=O)OC)C(=O)CCC1CCCCC1.